The third kappa shape index (κ3) is 4.93. The van der Waals surface area contributed by atoms with E-state index in [9.17, 15) is 18.0 Å². The van der Waals surface area contributed by atoms with Crippen molar-refractivity contribution in [3.05, 3.63) is 30.2 Å². The average Bonchev–Trinajstić information content (AvgIpc) is 3.23. The molecular weight excluding hydrogens is 379 g/mol. The number of carbonyl (C=O) groups excluding carboxylic acids is 1. The molecule has 1 unspecified atom stereocenters. The number of nitrogens with zero attached hydrogens (tertiary/aromatic N) is 3. The number of halogens is 3. The Labute approximate surface area is 159 Å². The van der Waals surface area contributed by atoms with Crippen LogP contribution >= 0.6 is 0 Å². The smallest absolute Gasteiger partial charge is 0.471 e. The van der Waals surface area contributed by atoms with Crippen molar-refractivity contribution < 1.29 is 32.0 Å². The van der Waals surface area contributed by atoms with Crippen molar-refractivity contribution in [2.45, 2.75) is 45.1 Å². The molecule has 0 radical (unpaired) electrons. The van der Waals surface area contributed by atoms with Gasteiger partial charge in [-0.2, -0.15) is 18.2 Å². The monoisotopic (exact) mass is 399 g/mol. The first-order valence-corrected chi connectivity index (χ1v) is 8.67. The number of benzene rings is 1. The van der Waals surface area contributed by atoms with Gasteiger partial charge in [0.05, 0.1) is 6.54 Å². The largest absolute Gasteiger partial charge is 0.489 e. The molecule has 0 spiro atoms. The number of carbonyl (C=O) groups is 1. The Morgan fingerprint density at radius 3 is 2.46 bits per heavy atom. The van der Waals surface area contributed by atoms with Crippen molar-refractivity contribution in [2.75, 3.05) is 13.1 Å². The van der Waals surface area contributed by atoms with Gasteiger partial charge in [0, 0.05) is 18.5 Å². The van der Waals surface area contributed by atoms with Crippen LogP contribution < -0.4 is 4.74 Å². The van der Waals surface area contributed by atoms with Crippen molar-refractivity contribution in [3.63, 3.8) is 0 Å². The highest BCUT2D eigenvalue weighted by Crippen LogP contribution is 2.30. The zero-order chi connectivity index (χ0) is 20.5. The van der Waals surface area contributed by atoms with Gasteiger partial charge in [-0.25, -0.2) is 4.79 Å². The number of amides is 1. The van der Waals surface area contributed by atoms with Crippen molar-refractivity contribution >= 4 is 6.09 Å². The summed E-state index contributed by atoms with van der Waals surface area (Å²) in [7, 11) is 0. The summed E-state index contributed by atoms with van der Waals surface area (Å²) in [4.78, 5) is 17.0. The van der Waals surface area contributed by atoms with Gasteiger partial charge in [-0.05, 0) is 45.0 Å². The minimum Gasteiger partial charge on any atom is -0.489 e. The molecule has 2 aromatic rings. The Bertz CT molecular complexity index is 828. The quantitative estimate of drug-likeness (QED) is 0.772. The molecule has 7 nitrogen and oxygen atoms in total. The molecule has 1 aromatic carbocycles. The summed E-state index contributed by atoms with van der Waals surface area (Å²) < 4.78 is 53.0. The second-order valence-corrected chi connectivity index (χ2v) is 7.40. The molecule has 1 aliphatic heterocycles. The normalized spacial score (nSPS) is 17.6. The van der Waals surface area contributed by atoms with E-state index in [4.69, 9.17) is 9.47 Å². The first-order valence-electron chi connectivity index (χ1n) is 8.67. The van der Waals surface area contributed by atoms with Crippen molar-refractivity contribution in [1.29, 1.82) is 0 Å². The van der Waals surface area contributed by atoms with Crippen molar-refractivity contribution in [3.8, 4) is 17.1 Å². The van der Waals surface area contributed by atoms with E-state index < -0.39 is 17.7 Å². The van der Waals surface area contributed by atoms with Gasteiger partial charge in [0.25, 0.3) is 0 Å². The highest BCUT2D eigenvalue weighted by atomic mass is 19.4. The third-order valence-electron chi connectivity index (χ3n) is 3.88. The maximum absolute atomic E-state index is 12.5. The van der Waals surface area contributed by atoms with Crippen LogP contribution in [0.5, 0.6) is 5.75 Å². The van der Waals surface area contributed by atoms with Crippen LogP contribution in [0.1, 0.15) is 33.1 Å². The van der Waals surface area contributed by atoms with E-state index in [1.54, 1.807) is 49.9 Å². The molecule has 2 heterocycles. The summed E-state index contributed by atoms with van der Waals surface area (Å²) in [5, 5.41) is 3.34. The molecule has 0 N–H and O–H groups in total. The fraction of sp³-hybridized carbons (Fsp3) is 0.500. The topological polar surface area (TPSA) is 77.7 Å². The number of hydrogen-bond donors (Lipinski definition) is 0. The number of alkyl halides is 3. The Balaban J connectivity index is 1.58. The van der Waals surface area contributed by atoms with Gasteiger partial charge in [-0.3, -0.25) is 0 Å². The lowest BCUT2D eigenvalue weighted by Crippen LogP contribution is -2.36. The van der Waals surface area contributed by atoms with E-state index in [-0.39, 0.29) is 18.0 Å². The molecule has 1 saturated heterocycles. The highest BCUT2D eigenvalue weighted by Gasteiger charge is 2.38. The van der Waals surface area contributed by atoms with Crippen LogP contribution in [0, 0.1) is 0 Å². The van der Waals surface area contributed by atoms with Crippen LogP contribution in [0.4, 0.5) is 18.0 Å². The van der Waals surface area contributed by atoms with Crippen LogP contribution in [0.15, 0.2) is 28.8 Å². The van der Waals surface area contributed by atoms with E-state index in [2.05, 4.69) is 14.7 Å². The molecular formula is C18H20F3N3O4. The molecule has 1 atom stereocenters. The average molecular weight is 399 g/mol. The molecule has 0 saturated carbocycles. The standard InChI is InChI=1S/C18H20F3N3O4/c1-17(2,3)27-16(25)24-9-8-13(10-24)26-12-6-4-11(5-7-12)14-22-15(28-23-14)18(19,20)21/h4-7,13H,8-10H2,1-3H3. The summed E-state index contributed by atoms with van der Waals surface area (Å²) in [5.41, 5.74) is -0.194. The number of likely N-dealkylation sites (tertiary alicyclic amines) is 1. The molecule has 0 aliphatic carbocycles. The molecule has 1 aromatic heterocycles. The SMILES string of the molecule is CC(C)(C)OC(=O)N1CCC(Oc2ccc(-c3noc(C(F)(F)F)n3)cc2)C1. The summed E-state index contributed by atoms with van der Waals surface area (Å²) in [5.74, 6) is -1.02. The fourth-order valence-corrected chi connectivity index (χ4v) is 2.65. The predicted octanol–water partition coefficient (Wildman–Crippen LogP) is 4.14. The van der Waals surface area contributed by atoms with Gasteiger partial charge < -0.3 is 18.9 Å². The predicted molar refractivity (Wildman–Crippen MR) is 91.6 cm³/mol. The zero-order valence-electron chi connectivity index (χ0n) is 15.6. The summed E-state index contributed by atoms with van der Waals surface area (Å²) in [6, 6.07) is 6.30. The second-order valence-electron chi connectivity index (χ2n) is 7.40. The lowest BCUT2D eigenvalue weighted by atomic mass is 10.2. The molecule has 10 heteroatoms. The summed E-state index contributed by atoms with van der Waals surface area (Å²) in [6.45, 7) is 6.34. The summed E-state index contributed by atoms with van der Waals surface area (Å²) in [6.07, 6.45) is -4.61. The zero-order valence-corrected chi connectivity index (χ0v) is 15.6. The Morgan fingerprint density at radius 2 is 1.89 bits per heavy atom. The summed E-state index contributed by atoms with van der Waals surface area (Å²) >= 11 is 0. The first-order chi connectivity index (χ1) is 13.0. The molecule has 3 rings (SSSR count). The lowest BCUT2D eigenvalue weighted by Gasteiger charge is -2.24. The van der Waals surface area contributed by atoms with E-state index in [0.29, 0.717) is 30.8 Å². The molecule has 1 amide bonds. The van der Waals surface area contributed by atoms with Gasteiger partial charge in [0.1, 0.15) is 17.5 Å². The van der Waals surface area contributed by atoms with Crippen LogP contribution in [0.25, 0.3) is 11.4 Å². The first kappa shape index (κ1) is 20.0. The van der Waals surface area contributed by atoms with Gasteiger partial charge in [-0.1, -0.05) is 5.16 Å². The number of aromatic nitrogens is 2. The minimum atomic E-state index is -4.68. The maximum atomic E-state index is 12.5. The highest BCUT2D eigenvalue weighted by molar-refractivity contribution is 5.68. The van der Waals surface area contributed by atoms with Gasteiger partial charge >= 0.3 is 18.2 Å². The van der Waals surface area contributed by atoms with E-state index in [1.807, 2.05) is 0 Å². The van der Waals surface area contributed by atoms with Crippen LogP contribution in [-0.2, 0) is 10.9 Å². The molecule has 152 valence electrons. The van der Waals surface area contributed by atoms with Gasteiger partial charge in [0.15, 0.2) is 0 Å². The van der Waals surface area contributed by atoms with Crippen LogP contribution in [0.3, 0.4) is 0 Å². The third-order valence-corrected chi connectivity index (χ3v) is 3.88. The van der Waals surface area contributed by atoms with Crippen molar-refractivity contribution in [2.24, 2.45) is 0 Å². The van der Waals surface area contributed by atoms with Gasteiger partial charge in [0.2, 0.25) is 5.82 Å². The Hall–Kier alpha value is -2.78. The molecule has 1 aliphatic rings. The fourth-order valence-electron chi connectivity index (χ4n) is 2.65. The van der Waals surface area contributed by atoms with Crippen LogP contribution in [0.2, 0.25) is 0 Å². The van der Waals surface area contributed by atoms with Crippen LogP contribution in [-0.4, -0.2) is 45.9 Å². The number of hydrogen-bond acceptors (Lipinski definition) is 6. The second kappa shape index (κ2) is 7.33. The minimum absolute atomic E-state index is 0.157. The number of ether oxygens (including phenoxy) is 2. The van der Waals surface area contributed by atoms with E-state index >= 15 is 0 Å². The van der Waals surface area contributed by atoms with Gasteiger partial charge in [-0.15, -0.1) is 0 Å². The maximum Gasteiger partial charge on any atom is 0.471 e. The van der Waals surface area contributed by atoms with Crippen molar-refractivity contribution in [1.82, 2.24) is 15.0 Å². The molecule has 1 fully saturated rings. The number of rotatable bonds is 3. The molecule has 28 heavy (non-hydrogen) atoms. The van der Waals surface area contributed by atoms with E-state index in [0.717, 1.165) is 0 Å². The lowest BCUT2D eigenvalue weighted by molar-refractivity contribution is -0.159. The Kier molecular flexibility index (Phi) is 5.22. The Morgan fingerprint density at radius 1 is 1.21 bits per heavy atom. The molecule has 0 bridgehead atoms. The van der Waals surface area contributed by atoms with E-state index in [1.165, 1.54) is 0 Å².